The fourth-order valence-corrected chi connectivity index (χ4v) is 2.98. The molecule has 0 radical (unpaired) electrons. The molecule has 0 aliphatic rings. The van der Waals surface area contributed by atoms with E-state index < -0.39 is 21.3 Å². The molecule has 0 fully saturated rings. The Hall–Kier alpha value is -0.940. The molecule has 0 amide bonds. The molecule has 90 valence electrons. The first-order valence-corrected chi connectivity index (χ1v) is 6.63. The van der Waals surface area contributed by atoms with Crippen LogP contribution in [-0.4, -0.2) is 24.9 Å². The second-order valence-electron chi connectivity index (χ2n) is 4.06. The molecule has 0 bridgehead atoms. The molecular formula is C11H15FO3S. The zero-order valence-corrected chi connectivity index (χ0v) is 10.1. The summed E-state index contributed by atoms with van der Waals surface area (Å²) in [6.45, 7) is 3.17. The molecule has 0 aliphatic heterocycles. The first kappa shape index (κ1) is 13.1. The maximum atomic E-state index is 12.6. The Kier molecular flexibility index (Phi) is 3.70. The minimum Gasteiger partial charge on any atom is -0.389 e. The number of hydrogen-bond donors (Lipinski definition) is 1. The van der Waals surface area contributed by atoms with Crippen LogP contribution in [0.2, 0.25) is 0 Å². The van der Waals surface area contributed by atoms with Crippen molar-refractivity contribution in [3.05, 3.63) is 30.1 Å². The van der Waals surface area contributed by atoms with Crippen LogP contribution in [-0.2, 0) is 9.84 Å². The summed E-state index contributed by atoms with van der Waals surface area (Å²) in [6.07, 6.45) is 0.341. The third kappa shape index (κ3) is 3.28. The van der Waals surface area contributed by atoms with E-state index in [0.717, 1.165) is 12.1 Å². The van der Waals surface area contributed by atoms with Gasteiger partial charge in [-0.05, 0) is 37.6 Å². The second-order valence-corrected chi connectivity index (χ2v) is 6.05. The molecule has 3 nitrogen and oxygen atoms in total. The summed E-state index contributed by atoms with van der Waals surface area (Å²) < 4.78 is 36.3. The molecule has 1 N–H and O–H groups in total. The van der Waals surface area contributed by atoms with Crippen molar-refractivity contribution in [3.8, 4) is 0 Å². The van der Waals surface area contributed by atoms with Crippen molar-refractivity contribution in [2.24, 2.45) is 0 Å². The largest absolute Gasteiger partial charge is 0.389 e. The third-order valence-electron chi connectivity index (χ3n) is 2.44. The predicted molar refractivity (Wildman–Crippen MR) is 59.4 cm³/mol. The maximum absolute atomic E-state index is 12.6. The summed E-state index contributed by atoms with van der Waals surface area (Å²) in [5, 5.41) is 9.72. The van der Waals surface area contributed by atoms with Crippen molar-refractivity contribution >= 4 is 9.84 Å². The molecule has 1 aromatic rings. The Morgan fingerprint density at radius 3 is 2.25 bits per heavy atom. The van der Waals surface area contributed by atoms with Gasteiger partial charge < -0.3 is 5.11 Å². The van der Waals surface area contributed by atoms with E-state index in [-0.39, 0.29) is 10.6 Å². The molecule has 0 aromatic heterocycles. The van der Waals surface area contributed by atoms with Gasteiger partial charge in [0.25, 0.3) is 0 Å². The second kappa shape index (κ2) is 4.51. The number of aliphatic hydroxyl groups is 1. The van der Waals surface area contributed by atoms with Crippen LogP contribution < -0.4 is 0 Å². The SMILES string of the molecule is CCC(C)(O)CS(=O)(=O)c1ccc(F)cc1. The van der Waals surface area contributed by atoms with Crippen LogP contribution in [0.5, 0.6) is 0 Å². The molecule has 1 atom stereocenters. The molecule has 0 spiro atoms. The summed E-state index contributed by atoms with van der Waals surface area (Å²) in [6, 6.07) is 4.59. The average molecular weight is 246 g/mol. The lowest BCUT2D eigenvalue weighted by Crippen LogP contribution is -2.32. The van der Waals surface area contributed by atoms with Gasteiger partial charge in [-0.1, -0.05) is 6.92 Å². The fraction of sp³-hybridized carbons (Fsp3) is 0.455. The van der Waals surface area contributed by atoms with Gasteiger partial charge in [-0.15, -0.1) is 0 Å². The number of halogens is 1. The van der Waals surface area contributed by atoms with Gasteiger partial charge in [0.2, 0.25) is 0 Å². The highest BCUT2D eigenvalue weighted by molar-refractivity contribution is 7.91. The van der Waals surface area contributed by atoms with Gasteiger partial charge in [0.1, 0.15) is 5.82 Å². The lowest BCUT2D eigenvalue weighted by Gasteiger charge is -2.20. The van der Waals surface area contributed by atoms with E-state index in [2.05, 4.69) is 0 Å². The minimum absolute atomic E-state index is 0.0302. The zero-order chi connectivity index (χ0) is 12.4. The van der Waals surface area contributed by atoms with Crippen LogP contribution in [0.1, 0.15) is 20.3 Å². The van der Waals surface area contributed by atoms with E-state index in [1.54, 1.807) is 6.92 Å². The van der Waals surface area contributed by atoms with E-state index in [1.165, 1.54) is 19.1 Å². The number of sulfone groups is 1. The van der Waals surface area contributed by atoms with Crippen molar-refractivity contribution in [1.82, 2.24) is 0 Å². The van der Waals surface area contributed by atoms with Gasteiger partial charge in [-0.2, -0.15) is 0 Å². The van der Waals surface area contributed by atoms with Gasteiger partial charge in [-0.3, -0.25) is 0 Å². The van der Waals surface area contributed by atoms with Crippen molar-refractivity contribution in [2.45, 2.75) is 30.8 Å². The summed E-state index contributed by atoms with van der Waals surface area (Å²) in [7, 11) is -3.56. The van der Waals surface area contributed by atoms with Gasteiger partial charge in [0, 0.05) is 0 Å². The standard InChI is InChI=1S/C11H15FO3S/c1-3-11(2,13)8-16(14,15)10-6-4-9(12)5-7-10/h4-7,13H,3,8H2,1-2H3. The molecule has 0 saturated carbocycles. The lowest BCUT2D eigenvalue weighted by molar-refractivity contribution is 0.0797. The Morgan fingerprint density at radius 2 is 1.81 bits per heavy atom. The van der Waals surface area contributed by atoms with E-state index in [4.69, 9.17) is 0 Å². The lowest BCUT2D eigenvalue weighted by atomic mass is 10.1. The molecule has 1 rings (SSSR count). The number of rotatable bonds is 4. The van der Waals surface area contributed by atoms with Crippen LogP contribution >= 0.6 is 0 Å². The first-order valence-electron chi connectivity index (χ1n) is 4.97. The summed E-state index contributed by atoms with van der Waals surface area (Å²) in [5.41, 5.74) is -1.26. The predicted octanol–water partition coefficient (Wildman–Crippen LogP) is 1.76. The van der Waals surface area contributed by atoms with Crippen LogP contribution in [0.15, 0.2) is 29.2 Å². The van der Waals surface area contributed by atoms with Crippen LogP contribution in [0.3, 0.4) is 0 Å². The van der Waals surface area contributed by atoms with Crippen molar-refractivity contribution in [2.75, 3.05) is 5.75 Å². The highest BCUT2D eigenvalue weighted by atomic mass is 32.2. The Morgan fingerprint density at radius 1 is 1.31 bits per heavy atom. The number of benzene rings is 1. The maximum Gasteiger partial charge on any atom is 0.181 e. The Bertz CT molecular complexity index is 449. The third-order valence-corrected chi connectivity index (χ3v) is 4.43. The topological polar surface area (TPSA) is 54.4 Å². The van der Waals surface area contributed by atoms with Crippen LogP contribution in [0.4, 0.5) is 4.39 Å². The number of hydrogen-bond acceptors (Lipinski definition) is 3. The Balaban J connectivity index is 2.99. The van der Waals surface area contributed by atoms with Crippen LogP contribution in [0.25, 0.3) is 0 Å². The van der Waals surface area contributed by atoms with Crippen molar-refractivity contribution in [1.29, 1.82) is 0 Å². The first-order chi connectivity index (χ1) is 7.27. The highest BCUT2D eigenvalue weighted by Gasteiger charge is 2.27. The molecular weight excluding hydrogens is 231 g/mol. The van der Waals surface area contributed by atoms with E-state index in [1.807, 2.05) is 0 Å². The molecule has 0 saturated heterocycles. The highest BCUT2D eigenvalue weighted by Crippen LogP contribution is 2.19. The van der Waals surface area contributed by atoms with E-state index in [9.17, 15) is 17.9 Å². The van der Waals surface area contributed by atoms with Gasteiger partial charge in [0.05, 0.1) is 16.2 Å². The summed E-state index contributed by atoms with van der Waals surface area (Å²) >= 11 is 0. The van der Waals surface area contributed by atoms with Crippen LogP contribution in [0, 0.1) is 5.82 Å². The summed E-state index contributed by atoms with van der Waals surface area (Å²) in [4.78, 5) is 0.0302. The molecule has 1 aromatic carbocycles. The quantitative estimate of drug-likeness (QED) is 0.824. The molecule has 5 heteroatoms. The van der Waals surface area contributed by atoms with Crippen molar-refractivity contribution < 1.29 is 17.9 Å². The molecule has 0 aliphatic carbocycles. The Labute approximate surface area is 94.8 Å². The normalized spacial score (nSPS) is 15.8. The minimum atomic E-state index is -3.56. The molecule has 0 heterocycles. The fourth-order valence-electron chi connectivity index (χ4n) is 1.24. The molecule has 1 unspecified atom stereocenters. The van der Waals surface area contributed by atoms with Crippen molar-refractivity contribution in [3.63, 3.8) is 0 Å². The van der Waals surface area contributed by atoms with E-state index >= 15 is 0 Å². The zero-order valence-electron chi connectivity index (χ0n) is 9.27. The average Bonchev–Trinajstić information content (AvgIpc) is 2.17. The molecule has 16 heavy (non-hydrogen) atoms. The van der Waals surface area contributed by atoms with Gasteiger partial charge in [-0.25, -0.2) is 12.8 Å². The van der Waals surface area contributed by atoms with E-state index in [0.29, 0.717) is 6.42 Å². The monoisotopic (exact) mass is 246 g/mol. The smallest absolute Gasteiger partial charge is 0.181 e. The van der Waals surface area contributed by atoms with Gasteiger partial charge in [0.15, 0.2) is 9.84 Å². The van der Waals surface area contributed by atoms with Gasteiger partial charge >= 0.3 is 0 Å². The summed E-state index contributed by atoms with van der Waals surface area (Å²) in [5.74, 6) is -0.844.